The average molecular weight is 384 g/mol. The Bertz CT molecular complexity index is 573. The third-order valence-corrected chi connectivity index (χ3v) is 3.92. The van der Waals surface area contributed by atoms with Gasteiger partial charge in [-0.1, -0.05) is 59.3 Å². The van der Waals surface area contributed by atoms with Gasteiger partial charge in [-0.3, -0.25) is 0 Å². The highest BCUT2D eigenvalue weighted by Crippen LogP contribution is 2.30. The van der Waals surface area contributed by atoms with E-state index in [0.29, 0.717) is 13.2 Å². The lowest BCUT2D eigenvalue weighted by molar-refractivity contribution is 0.261. The van der Waals surface area contributed by atoms with Crippen molar-refractivity contribution in [1.29, 1.82) is 0 Å². The van der Waals surface area contributed by atoms with Gasteiger partial charge in [0.2, 0.25) is 0 Å². The summed E-state index contributed by atoms with van der Waals surface area (Å²) in [6, 6.07) is 16.2. The molecule has 0 fully saturated rings. The van der Waals surface area contributed by atoms with Crippen LogP contribution in [-0.2, 0) is 13.0 Å². The maximum absolute atomic E-state index is 5.91. The van der Waals surface area contributed by atoms with Crippen LogP contribution in [0, 0.1) is 0 Å². The zero-order valence-corrected chi connectivity index (χ0v) is 14.9. The van der Waals surface area contributed by atoms with Gasteiger partial charge in [0, 0.05) is 6.42 Å². The molecule has 0 heterocycles. The first-order valence-electron chi connectivity index (χ1n) is 7.39. The molecule has 0 saturated heterocycles. The molecule has 118 valence electrons. The van der Waals surface area contributed by atoms with Crippen LogP contribution >= 0.6 is 27.5 Å². The molecular formula is C18H20BrClO2. The van der Waals surface area contributed by atoms with Crippen molar-refractivity contribution in [3.63, 3.8) is 0 Å². The van der Waals surface area contributed by atoms with Gasteiger partial charge in [0.15, 0.2) is 11.5 Å². The quantitative estimate of drug-likeness (QED) is 0.556. The molecule has 1 atom stereocenters. The molecule has 2 rings (SSSR count). The molecule has 2 aromatic rings. The molecular weight excluding hydrogens is 364 g/mol. The van der Waals surface area contributed by atoms with E-state index < -0.39 is 0 Å². The monoisotopic (exact) mass is 382 g/mol. The van der Waals surface area contributed by atoms with E-state index in [4.69, 9.17) is 21.1 Å². The van der Waals surface area contributed by atoms with E-state index in [1.54, 1.807) is 0 Å². The summed E-state index contributed by atoms with van der Waals surface area (Å²) in [7, 11) is 0. The number of rotatable bonds is 8. The summed E-state index contributed by atoms with van der Waals surface area (Å²) in [5, 5.41) is 0. The second-order valence-electron chi connectivity index (χ2n) is 4.94. The number of halogens is 2. The summed E-state index contributed by atoms with van der Waals surface area (Å²) in [4.78, 5) is 0. The molecule has 0 saturated carbocycles. The molecule has 4 heteroatoms. The van der Waals surface area contributed by atoms with Gasteiger partial charge in [-0.2, -0.15) is 0 Å². The van der Waals surface area contributed by atoms with Crippen LogP contribution in [0.4, 0.5) is 0 Å². The fraction of sp³-hybridized carbons (Fsp3) is 0.333. The minimum atomic E-state index is -0.0736. The molecule has 22 heavy (non-hydrogen) atoms. The van der Waals surface area contributed by atoms with E-state index in [9.17, 15) is 0 Å². The first-order chi connectivity index (χ1) is 10.7. The van der Waals surface area contributed by atoms with E-state index in [1.165, 1.54) is 5.56 Å². The zero-order chi connectivity index (χ0) is 15.8. The summed E-state index contributed by atoms with van der Waals surface area (Å²) in [6.45, 7) is 3.20. The maximum Gasteiger partial charge on any atom is 0.161 e. The number of aryl methyl sites for hydroxylation is 1. The minimum Gasteiger partial charge on any atom is -0.490 e. The van der Waals surface area contributed by atoms with Gasteiger partial charge >= 0.3 is 0 Å². The average Bonchev–Trinajstić information content (AvgIpc) is 2.54. The third kappa shape index (κ3) is 5.54. The highest BCUT2D eigenvalue weighted by Gasteiger charge is 2.08. The van der Waals surface area contributed by atoms with Crippen molar-refractivity contribution in [2.45, 2.75) is 30.7 Å². The molecule has 0 spiro atoms. The molecule has 2 nitrogen and oxygen atoms in total. The topological polar surface area (TPSA) is 18.5 Å². The highest BCUT2D eigenvalue weighted by atomic mass is 79.9. The van der Waals surface area contributed by atoms with Crippen LogP contribution in [0.1, 0.15) is 24.5 Å². The van der Waals surface area contributed by atoms with Gasteiger partial charge in [0.25, 0.3) is 0 Å². The van der Waals surface area contributed by atoms with Crippen molar-refractivity contribution >= 4 is 27.5 Å². The van der Waals surface area contributed by atoms with Crippen LogP contribution in [0.25, 0.3) is 0 Å². The Balaban J connectivity index is 2.04. The van der Waals surface area contributed by atoms with E-state index >= 15 is 0 Å². The first kappa shape index (κ1) is 17.2. The standard InChI is InChI=1S/C18H20BrClO2/c1-2-14-8-9-16(17(12-14)21-11-10-18(19)20)22-13-15-6-4-3-5-7-15/h3-9,12,18H,2,10-11,13H2,1H3. The molecule has 0 amide bonds. The van der Waals surface area contributed by atoms with Crippen LogP contribution < -0.4 is 9.47 Å². The lowest BCUT2D eigenvalue weighted by Crippen LogP contribution is -2.04. The molecule has 0 aliphatic carbocycles. The molecule has 2 aromatic carbocycles. The lowest BCUT2D eigenvalue weighted by Gasteiger charge is -2.14. The summed E-state index contributed by atoms with van der Waals surface area (Å²) in [5.41, 5.74) is 2.36. The Morgan fingerprint density at radius 1 is 1.00 bits per heavy atom. The highest BCUT2D eigenvalue weighted by molar-refractivity contribution is 9.10. The van der Waals surface area contributed by atoms with E-state index in [-0.39, 0.29) is 4.29 Å². The molecule has 0 aliphatic rings. The van der Waals surface area contributed by atoms with Crippen molar-refractivity contribution in [2.75, 3.05) is 6.61 Å². The third-order valence-electron chi connectivity index (χ3n) is 3.25. The van der Waals surface area contributed by atoms with Crippen LogP contribution in [-0.4, -0.2) is 10.9 Å². The Morgan fingerprint density at radius 3 is 2.45 bits per heavy atom. The van der Waals surface area contributed by atoms with Crippen molar-refractivity contribution in [1.82, 2.24) is 0 Å². The SMILES string of the molecule is CCc1ccc(OCc2ccccc2)c(OCCC(Cl)Br)c1. The van der Waals surface area contributed by atoms with Crippen molar-refractivity contribution < 1.29 is 9.47 Å². The maximum atomic E-state index is 5.91. The van der Waals surface area contributed by atoms with Gasteiger partial charge in [0.1, 0.15) is 6.61 Å². The molecule has 0 radical (unpaired) electrons. The van der Waals surface area contributed by atoms with Crippen LogP contribution in [0.3, 0.4) is 0 Å². The predicted octanol–water partition coefficient (Wildman–Crippen LogP) is 5.56. The summed E-state index contributed by atoms with van der Waals surface area (Å²) in [5.74, 6) is 1.54. The van der Waals surface area contributed by atoms with Gasteiger partial charge < -0.3 is 9.47 Å². The Kier molecular flexibility index (Phi) is 7.07. The van der Waals surface area contributed by atoms with Gasteiger partial charge in [-0.15, -0.1) is 11.6 Å². The molecule has 0 aliphatic heterocycles. The van der Waals surface area contributed by atoms with Gasteiger partial charge in [-0.25, -0.2) is 0 Å². The number of hydrogen-bond donors (Lipinski definition) is 0. The van der Waals surface area contributed by atoms with Crippen molar-refractivity contribution in [3.05, 3.63) is 59.7 Å². The summed E-state index contributed by atoms with van der Waals surface area (Å²) >= 11 is 9.20. The second-order valence-corrected chi connectivity index (χ2v) is 7.10. The van der Waals surface area contributed by atoms with E-state index in [2.05, 4.69) is 28.9 Å². The largest absolute Gasteiger partial charge is 0.490 e. The Morgan fingerprint density at radius 2 is 1.77 bits per heavy atom. The fourth-order valence-electron chi connectivity index (χ4n) is 2.00. The normalized spacial score (nSPS) is 12.0. The molecule has 1 unspecified atom stereocenters. The number of hydrogen-bond acceptors (Lipinski definition) is 2. The van der Waals surface area contributed by atoms with E-state index in [1.807, 2.05) is 42.5 Å². The number of alkyl halides is 2. The predicted molar refractivity (Wildman–Crippen MR) is 95.3 cm³/mol. The number of benzene rings is 2. The van der Waals surface area contributed by atoms with E-state index in [0.717, 1.165) is 29.9 Å². The second kappa shape index (κ2) is 9.06. The molecule has 0 aromatic heterocycles. The number of ether oxygens (including phenoxy) is 2. The van der Waals surface area contributed by atoms with Gasteiger partial charge in [-0.05, 0) is 29.7 Å². The zero-order valence-electron chi connectivity index (χ0n) is 12.6. The smallest absolute Gasteiger partial charge is 0.161 e. The summed E-state index contributed by atoms with van der Waals surface area (Å²) in [6.07, 6.45) is 1.70. The van der Waals surface area contributed by atoms with Crippen molar-refractivity contribution in [2.24, 2.45) is 0 Å². The van der Waals surface area contributed by atoms with Gasteiger partial charge in [0.05, 0.1) is 10.9 Å². The summed E-state index contributed by atoms with van der Waals surface area (Å²) < 4.78 is 11.7. The molecule has 0 N–H and O–H groups in total. The Hall–Kier alpha value is -1.19. The van der Waals surface area contributed by atoms with Crippen LogP contribution in [0.2, 0.25) is 0 Å². The fourth-order valence-corrected chi connectivity index (χ4v) is 2.27. The Labute approximate surface area is 145 Å². The van der Waals surface area contributed by atoms with Crippen LogP contribution in [0.5, 0.6) is 11.5 Å². The molecule has 0 bridgehead atoms. The van der Waals surface area contributed by atoms with Crippen molar-refractivity contribution in [3.8, 4) is 11.5 Å². The lowest BCUT2D eigenvalue weighted by atomic mass is 10.1. The first-order valence-corrected chi connectivity index (χ1v) is 8.75. The minimum absolute atomic E-state index is 0.0736. The van der Waals surface area contributed by atoms with Crippen LogP contribution in [0.15, 0.2) is 48.5 Å².